The molecule has 0 radical (unpaired) electrons. The average molecular weight is 1730 g/mol. The standard InChI is InChI=1S/C63H60N2O2.C59H58N4O2/c1-43-35-47-41-64(5)33-34-65(6)42-48-36-44(2)38-58(62(4)55-31-19-15-27-51(55)52-28-16-20-32-56(52)62)60(48)67-63(39-45-21-9-7-10-22-45,40-46-23-11-8-12-24-46)66-59(47)57(37-43)61(3)53-29-17-13-25-49(53)50-26-14-18-30-54(50)61;1-43-35-49-41-62(3)33-34-63(4)42-50-36-44(2)38-56(61-54-32-20-18-30-52(54)48-27-15-8-16-28-48)58(50)65-59(39-45-21-9-5-10-22-45,40-46-23-11-6-12-24-46)64-57(49)55(37-43)60-53-31-19-17-29-51(53)47-25-13-7-14-26-47/h7-32,35-38H,33-34,39-42H2,1-6H3;5-32,35-38,60-61H,33-34,39-42H2,1-4H3. The summed E-state index contributed by atoms with van der Waals surface area (Å²) in [6, 6.07) is 136. The highest BCUT2D eigenvalue weighted by atomic mass is 16.7. The van der Waals surface area contributed by atoms with E-state index in [0.29, 0.717) is 51.9 Å². The number of likely N-dealkylation sites (N-methyl/N-ethyl adjacent to an activating group) is 4. The molecule has 0 fully saturated rings. The van der Waals surface area contributed by atoms with Crippen molar-refractivity contribution in [1.29, 1.82) is 0 Å². The summed E-state index contributed by atoms with van der Waals surface area (Å²) in [5, 5.41) is 7.85. The first-order chi connectivity index (χ1) is 64.3. The molecule has 132 heavy (non-hydrogen) atoms. The molecule has 16 aromatic rings. The first-order valence-corrected chi connectivity index (χ1v) is 46.7. The zero-order valence-corrected chi connectivity index (χ0v) is 77.7. The molecule has 660 valence electrons. The van der Waals surface area contributed by atoms with Crippen molar-refractivity contribution in [3.05, 3.63) is 476 Å². The van der Waals surface area contributed by atoms with Crippen LogP contribution in [0.25, 0.3) is 44.5 Å². The van der Waals surface area contributed by atoms with E-state index in [9.17, 15) is 0 Å². The molecule has 4 aliphatic rings. The third kappa shape index (κ3) is 18.3. The van der Waals surface area contributed by atoms with E-state index in [2.05, 4.69) is 476 Å². The van der Waals surface area contributed by atoms with Gasteiger partial charge in [0.15, 0.2) is 11.5 Å². The van der Waals surface area contributed by atoms with Gasteiger partial charge in [-0.25, -0.2) is 0 Å². The number of nitrogens with zero attached hydrogens (tertiary/aromatic N) is 4. The number of benzene rings is 16. The normalized spacial score (nSPS) is 15.6. The quantitative estimate of drug-likeness (QED) is 0.0977. The highest BCUT2D eigenvalue weighted by Gasteiger charge is 2.49. The van der Waals surface area contributed by atoms with Gasteiger partial charge in [-0.15, -0.1) is 0 Å². The topological polar surface area (TPSA) is 73.9 Å². The number of aryl methyl sites for hydroxylation is 4. The van der Waals surface area contributed by atoms with E-state index in [1.165, 1.54) is 55.6 Å². The summed E-state index contributed by atoms with van der Waals surface area (Å²) in [7, 11) is 8.93. The maximum Gasteiger partial charge on any atom is 0.259 e. The summed E-state index contributed by atoms with van der Waals surface area (Å²) in [6.45, 7) is 19.9. The summed E-state index contributed by atoms with van der Waals surface area (Å²) in [5.41, 5.74) is 33.5. The van der Waals surface area contributed by atoms with Gasteiger partial charge >= 0.3 is 0 Å². The van der Waals surface area contributed by atoms with Crippen molar-refractivity contribution in [3.8, 4) is 67.5 Å². The average Bonchev–Trinajstić information content (AvgIpc) is 1.55. The van der Waals surface area contributed by atoms with Crippen LogP contribution in [0.15, 0.2) is 376 Å². The van der Waals surface area contributed by atoms with Crippen molar-refractivity contribution in [2.24, 2.45) is 0 Å². The van der Waals surface area contributed by atoms with Gasteiger partial charge in [-0.1, -0.05) is 363 Å². The van der Waals surface area contributed by atoms with Gasteiger partial charge in [0.25, 0.3) is 11.6 Å². The molecule has 0 saturated carbocycles. The molecule has 16 aromatic carbocycles. The minimum absolute atomic E-state index is 0.467. The Morgan fingerprint density at radius 2 is 0.462 bits per heavy atom. The van der Waals surface area contributed by atoms with Crippen LogP contribution in [0.1, 0.15) is 114 Å². The molecule has 0 atom stereocenters. The van der Waals surface area contributed by atoms with E-state index in [4.69, 9.17) is 18.9 Å². The van der Waals surface area contributed by atoms with Gasteiger partial charge in [-0.2, -0.15) is 0 Å². The molecule has 0 spiro atoms. The lowest BCUT2D eigenvalue weighted by Crippen LogP contribution is -2.48. The second kappa shape index (κ2) is 37.9. The Balaban J connectivity index is 0.000000171. The molecule has 0 aromatic heterocycles. The van der Waals surface area contributed by atoms with Crippen molar-refractivity contribution in [2.45, 2.75) is 116 Å². The van der Waals surface area contributed by atoms with Gasteiger partial charge in [0, 0.05) is 119 Å². The number of nitrogens with one attached hydrogen (secondary N) is 2. The maximum atomic E-state index is 8.29. The fourth-order valence-electron chi connectivity index (χ4n) is 21.0. The SMILES string of the molecule is Cc1cc2c(c(C3(C)c4ccccc4-c4ccccc43)c1)OC(Cc1ccccc1)(Cc1ccccc1)Oc1c(cc(C)cc1C1(C)c3ccccc3-c3ccccc31)CN(C)CCN(C)C2.Cc1cc2c(c(Nc3ccccc3-c3ccccc3)c1)OC(Cc1ccccc1)(Cc1ccccc1)Oc1c(cc(C)cc1Nc1ccccc1-c1ccccc1)CN(C)CCN(C)C2. The van der Waals surface area contributed by atoms with Gasteiger partial charge in [0.2, 0.25) is 0 Å². The Labute approximate surface area is 780 Å². The second-order valence-electron chi connectivity index (χ2n) is 37.5. The lowest BCUT2D eigenvalue weighted by atomic mass is 9.72. The first kappa shape index (κ1) is 87.5. The van der Waals surface area contributed by atoms with E-state index in [0.717, 1.165) is 161 Å². The summed E-state index contributed by atoms with van der Waals surface area (Å²) in [6.07, 6.45) is 1.94. The van der Waals surface area contributed by atoms with E-state index in [1.54, 1.807) is 0 Å². The fourth-order valence-corrected chi connectivity index (χ4v) is 21.0. The minimum atomic E-state index is -1.24. The molecular formula is C122H118N6O4. The summed E-state index contributed by atoms with van der Waals surface area (Å²) >= 11 is 0. The van der Waals surface area contributed by atoms with Crippen molar-refractivity contribution in [1.82, 2.24) is 19.6 Å². The van der Waals surface area contributed by atoms with Gasteiger partial charge in [-0.05, 0) is 183 Å². The Hall–Kier alpha value is -13.8. The van der Waals surface area contributed by atoms with Crippen LogP contribution in [-0.4, -0.2) is 85.5 Å². The molecule has 2 heterocycles. The van der Waals surface area contributed by atoms with Crippen LogP contribution in [0.4, 0.5) is 22.7 Å². The monoisotopic (exact) mass is 1730 g/mol. The molecule has 2 aliphatic carbocycles. The van der Waals surface area contributed by atoms with E-state index in [-0.39, 0.29) is 0 Å². The number of para-hydroxylation sites is 2. The molecule has 2 N–H and O–H groups in total. The molecule has 10 heteroatoms. The first-order valence-electron chi connectivity index (χ1n) is 46.7. The Bertz CT molecular complexity index is 6280. The fraction of sp³-hybridized carbons (Fsp3) is 0.213. The minimum Gasteiger partial charge on any atom is -0.451 e. The Morgan fingerprint density at radius 1 is 0.235 bits per heavy atom. The Kier molecular flexibility index (Phi) is 25.1. The number of ether oxygens (including phenoxy) is 4. The maximum absolute atomic E-state index is 8.29. The van der Waals surface area contributed by atoms with Crippen molar-refractivity contribution < 1.29 is 18.9 Å². The molecule has 0 amide bonds. The molecule has 10 nitrogen and oxygen atoms in total. The van der Waals surface area contributed by atoms with Crippen LogP contribution in [0.2, 0.25) is 0 Å². The summed E-state index contributed by atoms with van der Waals surface area (Å²) in [4.78, 5) is 9.73. The van der Waals surface area contributed by atoms with Crippen LogP contribution >= 0.6 is 0 Å². The highest BCUT2D eigenvalue weighted by molar-refractivity contribution is 5.88. The predicted molar refractivity (Wildman–Crippen MR) is 544 cm³/mol. The largest absolute Gasteiger partial charge is 0.451 e. The molecule has 20 rings (SSSR count). The predicted octanol–water partition coefficient (Wildman–Crippen LogP) is 27.1. The zero-order valence-electron chi connectivity index (χ0n) is 77.7. The molecular weight excluding hydrogens is 1610 g/mol. The van der Waals surface area contributed by atoms with Crippen LogP contribution in [0, 0.1) is 27.7 Å². The molecule has 0 saturated heterocycles. The molecule has 0 bridgehead atoms. The highest BCUT2D eigenvalue weighted by Crippen LogP contribution is 2.59. The second-order valence-corrected chi connectivity index (χ2v) is 37.5. The van der Waals surface area contributed by atoms with Crippen LogP contribution < -0.4 is 29.6 Å². The third-order valence-electron chi connectivity index (χ3n) is 27.2. The number of anilines is 4. The van der Waals surface area contributed by atoms with Crippen LogP contribution in [-0.2, 0) is 62.7 Å². The van der Waals surface area contributed by atoms with Crippen LogP contribution in [0.5, 0.6) is 23.0 Å². The smallest absolute Gasteiger partial charge is 0.259 e. The van der Waals surface area contributed by atoms with E-state index >= 15 is 0 Å². The lowest BCUT2D eigenvalue weighted by Gasteiger charge is -2.41. The number of hydrogen-bond donors (Lipinski definition) is 2. The number of fused-ring (bicyclic) bond motifs is 10. The summed E-state index contributed by atoms with van der Waals surface area (Å²) < 4.78 is 32.4. The lowest BCUT2D eigenvalue weighted by molar-refractivity contribution is -0.115. The van der Waals surface area contributed by atoms with Gasteiger partial charge in [0.1, 0.15) is 11.5 Å². The van der Waals surface area contributed by atoms with Gasteiger partial charge < -0.3 is 49.2 Å². The zero-order chi connectivity index (χ0) is 90.5. The van der Waals surface area contributed by atoms with Crippen LogP contribution in [0.3, 0.4) is 0 Å². The third-order valence-corrected chi connectivity index (χ3v) is 27.2. The Morgan fingerprint density at radius 3 is 0.750 bits per heavy atom. The summed E-state index contributed by atoms with van der Waals surface area (Å²) in [5.74, 6) is 0.845. The van der Waals surface area contributed by atoms with E-state index in [1.807, 2.05) is 0 Å². The number of rotatable bonds is 16. The van der Waals surface area contributed by atoms with E-state index < -0.39 is 22.4 Å². The molecule has 2 aliphatic heterocycles. The molecule has 0 unspecified atom stereocenters. The van der Waals surface area contributed by atoms with Crippen molar-refractivity contribution in [2.75, 3.05) is 65.0 Å². The van der Waals surface area contributed by atoms with Crippen molar-refractivity contribution >= 4 is 22.7 Å². The van der Waals surface area contributed by atoms with Crippen molar-refractivity contribution in [3.63, 3.8) is 0 Å². The van der Waals surface area contributed by atoms with Gasteiger partial charge in [-0.3, -0.25) is 0 Å². The van der Waals surface area contributed by atoms with Gasteiger partial charge in [0.05, 0.1) is 37.1 Å². The number of hydrogen-bond acceptors (Lipinski definition) is 10.